The van der Waals surface area contributed by atoms with Crippen molar-refractivity contribution in [1.29, 1.82) is 0 Å². The minimum Gasteiger partial charge on any atom is -0.334 e. The molecule has 0 aliphatic carbocycles. The van der Waals surface area contributed by atoms with Crippen molar-refractivity contribution in [1.82, 2.24) is 9.13 Å². The average Bonchev–Trinajstić information content (AvgIpc) is 3.56. The molecule has 0 radical (unpaired) electrons. The molecule has 3 heteroatoms. The van der Waals surface area contributed by atoms with Crippen molar-refractivity contribution in [3.05, 3.63) is 146 Å². The van der Waals surface area contributed by atoms with Crippen molar-refractivity contribution in [3.63, 3.8) is 0 Å². The van der Waals surface area contributed by atoms with Gasteiger partial charge >= 0.3 is 0 Å². The monoisotopic (exact) mass is 555 g/mol. The van der Waals surface area contributed by atoms with Crippen LogP contribution in [0.15, 0.2) is 146 Å². The van der Waals surface area contributed by atoms with Gasteiger partial charge in [0.25, 0.3) is 0 Å². The van der Waals surface area contributed by atoms with Gasteiger partial charge in [-0.25, -0.2) is 0 Å². The van der Waals surface area contributed by atoms with Crippen LogP contribution in [0.1, 0.15) is 20.8 Å². The highest BCUT2D eigenvalue weighted by Gasteiger charge is 2.30. The molecule has 2 aromatic heterocycles. The summed E-state index contributed by atoms with van der Waals surface area (Å²) in [7, 11) is 0. The van der Waals surface area contributed by atoms with E-state index < -0.39 is 0 Å². The zero-order chi connectivity index (χ0) is 29.1. The lowest BCUT2D eigenvalue weighted by molar-refractivity contribution is 0.562. The van der Waals surface area contributed by atoms with E-state index in [4.69, 9.17) is 0 Å². The van der Waals surface area contributed by atoms with E-state index in [9.17, 15) is 0 Å². The van der Waals surface area contributed by atoms with E-state index in [0.29, 0.717) is 0 Å². The van der Waals surface area contributed by atoms with Crippen LogP contribution in [0.2, 0.25) is 0 Å². The molecule has 0 fully saturated rings. The fourth-order valence-corrected chi connectivity index (χ4v) is 6.92. The standard InChI is InChI=1S/C40H33N3/c1-40(2,3)43(36-26-15-25-35-38(36)32-21-11-13-24-34(32)41(35)28-16-6-4-7-17-28)37-27-14-22-31-30-20-10-12-23-33(30)42(39(31)37)29-18-8-5-9-19-29/h4-27H,1-3H3. The third-order valence-corrected chi connectivity index (χ3v) is 8.53. The van der Waals surface area contributed by atoms with Crippen LogP contribution >= 0.6 is 0 Å². The first-order valence-electron chi connectivity index (χ1n) is 15.0. The van der Waals surface area contributed by atoms with E-state index in [0.717, 1.165) is 5.69 Å². The van der Waals surface area contributed by atoms with Crippen molar-refractivity contribution < 1.29 is 0 Å². The first kappa shape index (κ1) is 25.4. The summed E-state index contributed by atoms with van der Waals surface area (Å²) in [4.78, 5) is 2.55. The maximum Gasteiger partial charge on any atom is 0.0779 e. The van der Waals surface area contributed by atoms with Crippen molar-refractivity contribution in [2.24, 2.45) is 0 Å². The van der Waals surface area contributed by atoms with Gasteiger partial charge in [-0.15, -0.1) is 0 Å². The van der Waals surface area contributed by atoms with E-state index in [1.807, 2.05) is 0 Å². The quantitative estimate of drug-likeness (QED) is 0.210. The van der Waals surface area contributed by atoms with Crippen LogP contribution in [0.3, 0.4) is 0 Å². The first-order valence-corrected chi connectivity index (χ1v) is 15.0. The van der Waals surface area contributed by atoms with Gasteiger partial charge in [0.05, 0.1) is 33.4 Å². The molecule has 0 saturated carbocycles. The molecule has 0 bridgehead atoms. The zero-order valence-electron chi connectivity index (χ0n) is 24.7. The molecule has 8 rings (SSSR count). The van der Waals surface area contributed by atoms with Crippen LogP contribution in [0.4, 0.5) is 11.4 Å². The fraction of sp³-hybridized carbons (Fsp3) is 0.100. The molecular formula is C40H33N3. The van der Waals surface area contributed by atoms with E-state index in [2.05, 4.69) is 180 Å². The van der Waals surface area contributed by atoms with Gasteiger partial charge < -0.3 is 14.0 Å². The Hall–Kier alpha value is -5.28. The minimum atomic E-state index is -0.226. The molecule has 0 amide bonds. The second kappa shape index (κ2) is 9.64. The highest BCUT2D eigenvalue weighted by atomic mass is 15.2. The van der Waals surface area contributed by atoms with E-state index in [-0.39, 0.29) is 5.54 Å². The Labute approximate surface area is 251 Å². The van der Waals surface area contributed by atoms with Crippen LogP contribution < -0.4 is 4.90 Å². The molecule has 208 valence electrons. The average molecular weight is 556 g/mol. The van der Waals surface area contributed by atoms with Crippen molar-refractivity contribution in [2.45, 2.75) is 26.3 Å². The topological polar surface area (TPSA) is 13.1 Å². The molecule has 0 spiro atoms. The summed E-state index contributed by atoms with van der Waals surface area (Å²) in [5, 5.41) is 5.03. The molecule has 0 atom stereocenters. The van der Waals surface area contributed by atoms with Gasteiger partial charge in [0, 0.05) is 38.5 Å². The predicted molar refractivity (Wildman–Crippen MR) is 183 cm³/mol. The second-order valence-electron chi connectivity index (χ2n) is 12.2. The number of rotatable bonds is 4. The normalized spacial score (nSPS) is 12.1. The number of hydrogen-bond acceptors (Lipinski definition) is 1. The number of anilines is 2. The van der Waals surface area contributed by atoms with Crippen LogP contribution in [0.25, 0.3) is 55.0 Å². The number of fused-ring (bicyclic) bond motifs is 6. The Morgan fingerprint density at radius 2 is 0.907 bits per heavy atom. The number of para-hydroxylation sites is 5. The van der Waals surface area contributed by atoms with Gasteiger partial charge in [0.1, 0.15) is 0 Å². The largest absolute Gasteiger partial charge is 0.334 e. The Morgan fingerprint density at radius 3 is 1.58 bits per heavy atom. The Kier molecular flexibility index (Phi) is 5.70. The highest BCUT2D eigenvalue weighted by molar-refractivity contribution is 6.18. The predicted octanol–water partition coefficient (Wildman–Crippen LogP) is 10.8. The summed E-state index contributed by atoms with van der Waals surface area (Å²) in [5.41, 5.74) is 9.33. The van der Waals surface area contributed by atoms with Crippen LogP contribution in [0, 0.1) is 0 Å². The van der Waals surface area contributed by atoms with Gasteiger partial charge in [-0.2, -0.15) is 0 Å². The summed E-state index contributed by atoms with van der Waals surface area (Å²) < 4.78 is 4.84. The molecule has 8 aromatic rings. The maximum atomic E-state index is 2.55. The summed E-state index contributed by atoms with van der Waals surface area (Å²) in [6.45, 7) is 6.95. The molecular weight excluding hydrogens is 522 g/mol. The van der Waals surface area contributed by atoms with Crippen molar-refractivity contribution in [3.8, 4) is 11.4 Å². The Balaban J connectivity index is 1.51. The summed E-state index contributed by atoms with van der Waals surface area (Å²) in [6, 6.07) is 52.6. The lowest BCUT2D eigenvalue weighted by Gasteiger charge is -2.39. The van der Waals surface area contributed by atoms with E-state index in [1.165, 1.54) is 60.7 Å². The van der Waals surface area contributed by atoms with Crippen molar-refractivity contribution >= 4 is 55.0 Å². The number of benzene rings is 6. The molecule has 0 N–H and O–H groups in total. The van der Waals surface area contributed by atoms with Crippen molar-refractivity contribution in [2.75, 3.05) is 4.90 Å². The highest BCUT2D eigenvalue weighted by Crippen LogP contribution is 2.46. The minimum absolute atomic E-state index is 0.226. The van der Waals surface area contributed by atoms with Gasteiger partial charge in [-0.1, -0.05) is 91.0 Å². The zero-order valence-corrected chi connectivity index (χ0v) is 24.7. The molecule has 0 aliphatic heterocycles. The summed E-state index contributed by atoms with van der Waals surface area (Å²) >= 11 is 0. The third kappa shape index (κ3) is 3.89. The summed E-state index contributed by atoms with van der Waals surface area (Å²) in [6.07, 6.45) is 0. The molecule has 0 saturated heterocycles. The molecule has 6 aromatic carbocycles. The molecule has 3 nitrogen and oxygen atoms in total. The van der Waals surface area contributed by atoms with Gasteiger partial charge in [0.15, 0.2) is 0 Å². The van der Waals surface area contributed by atoms with Crippen LogP contribution in [0.5, 0.6) is 0 Å². The van der Waals surface area contributed by atoms with Crippen LogP contribution in [-0.4, -0.2) is 14.7 Å². The fourth-order valence-electron chi connectivity index (χ4n) is 6.92. The number of hydrogen-bond donors (Lipinski definition) is 0. The molecule has 0 unspecified atom stereocenters. The summed E-state index contributed by atoms with van der Waals surface area (Å²) in [5.74, 6) is 0. The SMILES string of the molecule is CC(C)(C)N(c1cccc2c1c1ccccc1n2-c1ccccc1)c1cccc2c3ccccc3n(-c3ccccc3)c12. The second-order valence-corrected chi connectivity index (χ2v) is 12.2. The Bertz CT molecular complexity index is 2260. The number of nitrogens with zero attached hydrogens (tertiary/aromatic N) is 3. The van der Waals surface area contributed by atoms with Gasteiger partial charge in [0.2, 0.25) is 0 Å². The van der Waals surface area contributed by atoms with E-state index in [1.54, 1.807) is 0 Å². The van der Waals surface area contributed by atoms with Crippen LogP contribution in [-0.2, 0) is 0 Å². The maximum absolute atomic E-state index is 2.55. The van der Waals surface area contributed by atoms with E-state index >= 15 is 0 Å². The number of aromatic nitrogens is 2. The lowest BCUT2D eigenvalue weighted by Crippen LogP contribution is -2.38. The third-order valence-electron chi connectivity index (χ3n) is 8.53. The molecule has 43 heavy (non-hydrogen) atoms. The molecule has 2 heterocycles. The first-order chi connectivity index (χ1) is 21.0. The van der Waals surface area contributed by atoms with Gasteiger partial charge in [-0.3, -0.25) is 0 Å². The lowest BCUT2D eigenvalue weighted by atomic mass is 9.99. The van der Waals surface area contributed by atoms with Gasteiger partial charge in [-0.05, 0) is 75.4 Å². The Morgan fingerprint density at radius 1 is 0.419 bits per heavy atom. The smallest absolute Gasteiger partial charge is 0.0779 e. The molecule has 0 aliphatic rings.